The number of fused-ring (bicyclic) bond motifs is 1. The SMILES string of the molecule is CC1(C)/C(=C2\CCC(C)(C)C23CC=CC=C3N(c2ccc(-c3ccccc3)cc2)c2ccccc2-c2ccccc2)c2ccccc21. The number of nitrogens with zero attached hydrogens (tertiary/aromatic N) is 1. The van der Waals surface area contributed by atoms with Gasteiger partial charge in [-0.3, -0.25) is 0 Å². The maximum atomic E-state index is 2.60. The number of hydrogen-bond donors (Lipinski definition) is 0. The summed E-state index contributed by atoms with van der Waals surface area (Å²) >= 11 is 0. The van der Waals surface area contributed by atoms with Crippen LogP contribution in [0, 0.1) is 10.8 Å². The summed E-state index contributed by atoms with van der Waals surface area (Å²) in [7, 11) is 0. The second-order valence-electron chi connectivity index (χ2n) is 14.6. The van der Waals surface area contributed by atoms with E-state index in [9.17, 15) is 0 Å². The fourth-order valence-electron chi connectivity index (χ4n) is 8.99. The van der Waals surface area contributed by atoms with Crippen molar-refractivity contribution in [3.63, 3.8) is 0 Å². The highest BCUT2D eigenvalue weighted by Crippen LogP contribution is 2.69. The van der Waals surface area contributed by atoms with Crippen LogP contribution in [0.25, 0.3) is 27.8 Å². The van der Waals surface area contributed by atoms with E-state index in [0.717, 1.165) is 19.3 Å². The van der Waals surface area contributed by atoms with E-state index in [1.165, 1.54) is 50.5 Å². The monoisotopic (exact) mass is 609 g/mol. The first-order valence-corrected chi connectivity index (χ1v) is 17.1. The molecule has 47 heavy (non-hydrogen) atoms. The molecule has 0 bridgehead atoms. The summed E-state index contributed by atoms with van der Waals surface area (Å²) < 4.78 is 0. The maximum Gasteiger partial charge on any atom is 0.0537 e. The maximum absolute atomic E-state index is 2.60. The molecule has 232 valence electrons. The van der Waals surface area contributed by atoms with E-state index in [1.807, 2.05) is 0 Å². The second kappa shape index (κ2) is 11.1. The summed E-state index contributed by atoms with van der Waals surface area (Å²) in [5, 5.41) is 0. The zero-order valence-corrected chi connectivity index (χ0v) is 28.0. The molecule has 5 aromatic carbocycles. The van der Waals surface area contributed by atoms with Gasteiger partial charge in [0.1, 0.15) is 0 Å². The Bertz CT molecular complexity index is 2040. The summed E-state index contributed by atoms with van der Waals surface area (Å²) in [6, 6.07) is 48.9. The Labute approximate surface area is 280 Å². The minimum absolute atomic E-state index is 0.0235. The van der Waals surface area contributed by atoms with Gasteiger partial charge in [0.2, 0.25) is 0 Å². The van der Waals surface area contributed by atoms with Crippen molar-refractivity contribution in [2.45, 2.75) is 52.4 Å². The van der Waals surface area contributed by atoms with Gasteiger partial charge in [-0.2, -0.15) is 0 Å². The van der Waals surface area contributed by atoms with E-state index >= 15 is 0 Å². The summed E-state index contributed by atoms with van der Waals surface area (Å²) in [5.41, 5.74) is 14.7. The first-order valence-electron chi connectivity index (χ1n) is 17.1. The number of benzene rings is 5. The molecule has 0 amide bonds. The zero-order valence-electron chi connectivity index (χ0n) is 28.0. The number of allylic oxidation sites excluding steroid dienone is 5. The molecule has 1 atom stereocenters. The van der Waals surface area contributed by atoms with Gasteiger partial charge in [0.15, 0.2) is 0 Å². The van der Waals surface area contributed by atoms with Gasteiger partial charge in [-0.05, 0) is 82.3 Å². The second-order valence-corrected chi connectivity index (χ2v) is 14.6. The van der Waals surface area contributed by atoms with E-state index in [1.54, 1.807) is 11.1 Å². The van der Waals surface area contributed by atoms with Gasteiger partial charge in [-0.25, -0.2) is 0 Å². The van der Waals surface area contributed by atoms with Crippen LogP contribution in [-0.2, 0) is 5.41 Å². The molecule has 0 N–H and O–H groups in total. The quantitative estimate of drug-likeness (QED) is 0.192. The lowest BCUT2D eigenvalue weighted by atomic mass is 9.54. The van der Waals surface area contributed by atoms with Gasteiger partial charge in [-0.1, -0.05) is 161 Å². The average Bonchev–Trinajstić information content (AvgIpc) is 3.35. The lowest BCUT2D eigenvalue weighted by molar-refractivity contribution is 0.183. The van der Waals surface area contributed by atoms with Crippen LogP contribution >= 0.6 is 0 Å². The number of rotatable bonds is 5. The Balaban J connectivity index is 1.38. The molecule has 1 heteroatoms. The number of anilines is 2. The molecule has 1 unspecified atom stereocenters. The van der Waals surface area contributed by atoms with Crippen molar-refractivity contribution in [1.29, 1.82) is 0 Å². The average molecular weight is 610 g/mol. The summed E-state index contributed by atoms with van der Waals surface area (Å²) in [5.74, 6) is 0. The molecule has 3 aliphatic rings. The van der Waals surface area contributed by atoms with Crippen molar-refractivity contribution < 1.29 is 0 Å². The molecule has 1 nitrogen and oxygen atoms in total. The molecule has 0 aliphatic heterocycles. The lowest BCUT2D eigenvalue weighted by Crippen LogP contribution is -2.44. The first kappa shape index (κ1) is 29.5. The van der Waals surface area contributed by atoms with Crippen LogP contribution in [0.4, 0.5) is 11.4 Å². The van der Waals surface area contributed by atoms with Gasteiger partial charge >= 0.3 is 0 Å². The Morgan fingerprint density at radius 2 is 1.17 bits per heavy atom. The molecule has 0 heterocycles. The van der Waals surface area contributed by atoms with Crippen LogP contribution in [0.2, 0.25) is 0 Å². The van der Waals surface area contributed by atoms with Gasteiger partial charge in [-0.15, -0.1) is 0 Å². The van der Waals surface area contributed by atoms with Gasteiger partial charge in [0.05, 0.1) is 5.69 Å². The predicted molar refractivity (Wildman–Crippen MR) is 200 cm³/mol. The molecule has 8 rings (SSSR count). The Kier molecular flexibility index (Phi) is 6.99. The molecule has 1 saturated carbocycles. The van der Waals surface area contributed by atoms with Crippen molar-refractivity contribution >= 4 is 16.9 Å². The van der Waals surface area contributed by atoms with Gasteiger partial charge < -0.3 is 4.90 Å². The molecule has 0 aromatic heterocycles. The van der Waals surface area contributed by atoms with Crippen molar-refractivity contribution in [3.8, 4) is 22.3 Å². The van der Waals surface area contributed by atoms with Crippen LogP contribution < -0.4 is 4.90 Å². The van der Waals surface area contributed by atoms with E-state index in [4.69, 9.17) is 0 Å². The lowest BCUT2D eigenvalue weighted by Gasteiger charge is -2.52. The highest BCUT2D eigenvalue weighted by atomic mass is 15.2. The summed E-state index contributed by atoms with van der Waals surface area (Å²) in [6.07, 6.45) is 10.4. The third kappa shape index (κ3) is 4.51. The molecule has 0 saturated heterocycles. The number of para-hydroxylation sites is 1. The van der Waals surface area contributed by atoms with Crippen molar-refractivity contribution in [2.24, 2.45) is 10.8 Å². The standard InChI is InChI=1S/C46H43N/c1-44(2)32-30-40(43-38-22-11-13-23-39(38)45(43,3)4)46(44)31-16-15-25-42(46)47(36-28-26-34(27-29-36)33-17-7-5-8-18-33)41-24-14-12-21-37(41)35-19-9-6-10-20-35/h5-29H,30-32H2,1-4H3/b43-40+. The van der Waals surface area contributed by atoms with Crippen molar-refractivity contribution in [3.05, 3.63) is 174 Å². The molecule has 1 fully saturated rings. The van der Waals surface area contributed by atoms with Crippen molar-refractivity contribution in [2.75, 3.05) is 4.90 Å². The fourth-order valence-corrected chi connectivity index (χ4v) is 8.99. The molecule has 0 radical (unpaired) electrons. The van der Waals surface area contributed by atoms with Gasteiger partial charge in [0.25, 0.3) is 0 Å². The van der Waals surface area contributed by atoms with Gasteiger partial charge in [0, 0.05) is 27.8 Å². The van der Waals surface area contributed by atoms with Crippen LogP contribution in [0.15, 0.2) is 163 Å². The highest BCUT2D eigenvalue weighted by molar-refractivity contribution is 5.92. The summed E-state index contributed by atoms with van der Waals surface area (Å²) in [4.78, 5) is 2.60. The molecule has 1 spiro atoms. The smallest absolute Gasteiger partial charge is 0.0537 e. The topological polar surface area (TPSA) is 3.24 Å². The largest absolute Gasteiger partial charge is 0.313 e. The Morgan fingerprint density at radius 3 is 1.89 bits per heavy atom. The minimum atomic E-state index is -0.163. The number of hydrogen-bond acceptors (Lipinski definition) is 1. The van der Waals surface area contributed by atoms with Crippen LogP contribution in [-0.4, -0.2) is 0 Å². The van der Waals surface area contributed by atoms with E-state index < -0.39 is 0 Å². The minimum Gasteiger partial charge on any atom is -0.313 e. The Hall–Kier alpha value is -4.88. The molecule has 3 aliphatic carbocycles. The Morgan fingerprint density at radius 1 is 0.574 bits per heavy atom. The fraction of sp³-hybridized carbons (Fsp3) is 0.217. The highest BCUT2D eigenvalue weighted by Gasteiger charge is 2.59. The van der Waals surface area contributed by atoms with Crippen LogP contribution in [0.3, 0.4) is 0 Å². The first-order chi connectivity index (χ1) is 22.8. The van der Waals surface area contributed by atoms with Crippen LogP contribution in [0.5, 0.6) is 0 Å². The third-order valence-corrected chi connectivity index (χ3v) is 11.4. The van der Waals surface area contributed by atoms with Crippen LogP contribution in [0.1, 0.15) is 58.1 Å². The normalized spacial score (nSPS) is 22.0. The van der Waals surface area contributed by atoms with Crippen molar-refractivity contribution in [1.82, 2.24) is 0 Å². The summed E-state index contributed by atoms with van der Waals surface area (Å²) in [6.45, 7) is 9.91. The third-order valence-electron chi connectivity index (χ3n) is 11.4. The van der Waals surface area contributed by atoms with E-state index in [-0.39, 0.29) is 16.2 Å². The zero-order chi connectivity index (χ0) is 32.2. The molecular weight excluding hydrogens is 567 g/mol. The molecule has 5 aromatic rings. The molecular formula is C46H43N. The van der Waals surface area contributed by atoms with E-state index in [0.29, 0.717) is 0 Å². The predicted octanol–water partition coefficient (Wildman–Crippen LogP) is 12.6. The van der Waals surface area contributed by atoms with E-state index in [2.05, 4.69) is 184 Å².